The molecular formula is C18H16N2O3. The summed E-state index contributed by atoms with van der Waals surface area (Å²) >= 11 is 0. The van der Waals surface area contributed by atoms with Gasteiger partial charge in [-0.2, -0.15) is 0 Å². The maximum Gasteiger partial charge on any atom is 0.231 e. The van der Waals surface area contributed by atoms with Gasteiger partial charge < -0.3 is 19.6 Å². The monoisotopic (exact) mass is 308 g/mol. The van der Waals surface area contributed by atoms with Gasteiger partial charge in [0.15, 0.2) is 11.5 Å². The highest BCUT2D eigenvalue weighted by molar-refractivity contribution is 5.59. The van der Waals surface area contributed by atoms with Gasteiger partial charge in [-0.05, 0) is 36.2 Å². The van der Waals surface area contributed by atoms with Crippen LogP contribution in [0.3, 0.4) is 0 Å². The van der Waals surface area contributed by atoms with Crippen molar-refractivity contribution < 1.29 is 14.6 Å². The van der Waals surface area contributed by atoms with E-state index in [9.17, 15) is 5.11 Å². The number of aliphatic hydroxyl groups excluding tert-OH is 1. The number of aromatic amines is 1. The maximum absolute atomic E-state index is 10.5. The summed E-state index contributed by atoms with van der Waals surface area (Å²) in [6.07, 6.45) is 0.892. The highest BCUT2D eigenvalue weighted by atomic mass is 16.7. The van der Waals surface area contributed by atoms with Crippen LogP contribution < -0.4 is 9.47 Å². The van der Waals surface area contributed by atoms with Crippen LogP contribution in [0.4, 0.5) is 0 Å². The smallest absolute Gasteiger partial charge is 0.231 e. The highest BCUT2D eigenvalue weighted by Crippen LogP contribution is 2.35. The summed E-state index contributed by atoms with van der Waals surface area (Å²) in [5.74, 6) is 1.84. The van der Waals surface area contributed by atoms with Crippen molar-refractivity contribution in [1.82, 2.24) is 9.97 Å². The van der Waals surface area contributed by atoms with Crippen LogP contribution in [0.1, 0.15) is 23.1 Å². The van der Waals surface area contributed by atoms with Gasteiger partial charge >= 0.3 is 0 Å². The number of aryl methyl sites for hydroxylation is 1. The Morgan fingerprint density at radius 3 is 2.87 bits per heavy atom. The van der Waals surface area contributed by atoms with Crippen LogP contribution in [0, 0.1) is 6.92 Å². The fourth-order valence-corrected chi connectivity index (χ4v) is 2.68. The first-order valence-corrected chi connectivity index (χ1v) is 7.40. The third kappa shape index (κ3) is 2.55. The third-order valence-electron chi connectivity index (χ3n) is 3.90. The summed E-state index contributed by atoms with van der Waals surface area (Å²) in [7, 11) is 0. The Morgan fingerprint density at radius 1 is 1.13 bits per heavy atom. The standard InChI is InChI=1S/C18H16N2O3/c1-11-3-2-4-12(7-11)14-9-19-18(20-14)17(21)13-5-6-15-16(8-13)23-10-22-15/h2-9,17,21H,10H2,1H3,(H,19,20). The number of aliphatic hydroxyl groups is 1. The molecule has 0 amide bonds. The number of ether oxygens (including phenoxy) is 2. The molecule has 116 valence electrons. The average molecular weight is 308 g/mol. The number of fused-ring (bicyclic) bond motifs is 1. The molecule has 0 spiro atoms. The molecule has 1 unspecified atom stereocenters. The zero-order chi connectivity index (χ0) is 15.8. The van der Waals surface area contributed by atoms with E-state index in [1.54, 1.807) is 18.3 Å². The van der Waals surface area contributed by atoms with Gasteiger partial charge in [-0.15, -0.1) is 0 Å². The number of rotatable bonds is 3. The summed E-state index contributed by atoms with van der Waals surface area (Å²) in [6.45, 7) is 2.26. The summed E-state index contributed by atoms with van der Waals surface area (Å²) < 4.78 is 10.6. The van der Waals surface area contributed by atoms with Gasteiger partial charge in [0.1, 0.15) is 11.9 Å². The quantitative estimate of drug-likeness (QED) is 0.780. The van der Waals surface area contributed by atoms with Crippen molar-refractivity contribution in [2.24, 2.45) is 0 Å². The summed E-state index contributed by atoms with van der Waals surface area (Å²) in [5, 5.41) is 10.5. The largest absolute Gasteiger partial charge is 0.454 e. The van der Waals surface area contributed by atoms with Crippen LogP contribution in [-0.2, 0) is 0 Å². The molecular weight excluding hydrogens is 292 g/mol. The molecule has 23 heavy (non-hydrogen) atoms. The third-order valence-corrected chi connectivity index (χ3v) is 3.90. The Hall–Kier alpha value is -2.79. The van der Waals surface area contributed by atoms with Gasteiger partial charge in [-0.3, -0.25) is 0 Å². The van der Waals surface area contributed by atoms with Crippen LogP contribution in [0.25, 0.3) is 11.3 Å². The van der Waals surface area contributed by atoms with Crippen molar-refractivity contribution in [1.29, 1.82) is 0 Å². The number of hydrogen-bond donors (Lipinski definition) is 2. The number of benzene rings is 2. The molecule has 5 nitrogen and oxygen atoms in total. The molecule has 0 aliphatic carbocycles. The summed E-state index contributed by atoms with van der Waals surface area (Å²) in [6, 6.07) is 13.5. The molecule has 0 bridgehead atoms. The molecule has 1 atom stereocenters. The molecule has 2 N–H and O–H groups in total. The molecule has 0 radical (unpaired) electrons. The van der Waals surface area contributed by atoms with Gasteiger partial charge in [0.05, 0.1) is 11.9 Å². The van der Waals surface area contributed by atoms with Gasteiger partial charge in [-0.1, -0.05) is 29.8 Å². The second-order valence-electron chi connectivity index (χ2n) is 5.57. The Balaban J connectivity index is 1.63. The van der Waals surface area contributed by atoms with E-state index >= 15 is 0 Å². The van der Waals surface area contributed by atoms with Gasteiger partial charge in [0, 0.05) is 0 Å². The first-order valence-electron chi connectivity index (χ1n) is 7.40. The minimum atomic E-state index is -0.844. The topological polar surface area (TPSA) is 67.4 Å². The molecule has 3 aromatic rings. The van der Waals surface area contributed by atoms with Crippen LogP contribution >= 0.6 is 0 Å². The van der Waals surface area contributed by atoms with Crippen molar-refractivity contribution in [2.75, 3.05) is 6.79 Å². The Morgan fingerprint density at radius 2 is 2.00 bits per heavy atom. The lowest BCUT2D eigenvalue weighted by atomic mass is 10.1. The Bertz CT molecular complexity index is 857. The molecule has 2 heterocycles. The van der Waals surface area contributed by atoms with E-state index in [1.807, 2.05) is 31.2 Å². The molecule has 2 aromatic carbocycles. The first-order chi connectivity index (χ1) is 11.2. The predicted octanol–water partition coefficient (Wildman–Crippen LogP) is 3.20. The van der Waals surface area contributed by atoms with E-state index in [0.717, 1.165) is 11.3 Å². The summed E-state index contributed by atoms with van der Waals surface area (Å²) in [5.41, 5.74) is 3.81. The maximum atomic E-state index is 10.5. The van der Waals surface area contributed by atoms with Crippen molar-refractivity contribution in [3.05, 3.63) is 65.6 Å². The van der Waals surface area contributed by atoms with Crippen molar-refractivity contribution in [2.45, 2.75) is 13.0 Å². The summed E-state index contributed by atoms with van der Waals surface area (Å²) in [4.78, 5) is 7.50. The Labute approximate surface area is 133 Å². The zero-order valence-electron chi connectivity index (χ0n) is 12.6. The minimum Gasteiger partial charge on any atom is -0.454 e. The van der Waals surface area contributed by atoms with Gasteiger partial charge in [0.25, 0.3) is 0 Å². The molecule has 0 saturated heterocycles. The molecule has 0 fully saturated rings. The molecule has 0 saturated carbocycles. The van der Waals surface area contributed by atoms with Crippen LogP contribution in [0.15, 0.2) is 48.7 Å². The lowest BCUT2D eigenvalue weighted by molar-refractivity contribution is 0.173. The second-order valence-corrected chi connectivity index (χ2v) is 5.57. The zero-order valence-corrected chi connectivity index (χ0v) is 12.6. The number of aromatic nitrogens is 2. The van der Waals surface area contributed by atoms with Crippen molar-refractivity contribution in [3.8, 4) is 22.8 Å². The normalized spacial score (nSPS) is 14.0. The van der Waals surface area contributed by atoms with E-state index in [0.29, 0.717) is 22.9 Å². The van der Waals surface area contributed by atoms with Gasteiger partial charge in [-0.25, -0.2) is 4.98 Å². The van der Waals surface area contributed by atoms with Crippen molar-refractivity contribution >= 4 is 0 Å². The molecule has 1 aliphatic rings. The van der Waals surface area contributed by atoms with E-state index in [4.69, 9.17) is 9.47 Å². The highest BCUT2D eigenvalue weighted by Gasteiger charge is 2.19. The van der Waals surface area contributed by atoms with Crippen LogP contribution in [0.5, 0.6) is 11.5 Å². The van der Waals surface area contributed by atoms with E-state index in [2.05, 4.69) is 16.0 Å². The first kappa shape index (κ1) is 13.8. The van der Waals surface area contributed by atoms with E-state index in [-0.39, 0.29) is 6.79 Å². The number of nitrogens with zero attached hydrogens (tertiary/aromatic N) is 1. The Kier molecular flexibility index (Phi) is 3.28. The number of imidazole rings is 1. The fraction of sp³-hybridized carbons (Fsp3) is 0.167. The van der Waals surface area contributed by atoms with Crippen molar-refractivity contribution in [3.63, 3.8) is 0 Å². The SMILES string of the molecule is Cc1cccc(-c2cnc(C(O)c3ccc4c(c3)OCO4)[nH]2)c1. The average Bonchev–Trinajstić information content (AvgIpc) is 3.22. The fourth-order valence-electron chi connectivity index (χ4n) is 2.68. The molecule has 1 aromatic heterocycles. The number of nitrogens with one attached hydrogen (secondary N) is 1. The minimum absolute atomic E-state index is 0.215. The lowest BCUT2D eigenvalue weighted by Gasteiger charge is -2.09. The van der Waals surface area contributed by atoms with E-state index < -0.39 is 6.10 Å². The molecule has 1 aliphatic heterocycles. The van der Waals surface area contributed by atoms with E-state index in [1.165, 1.54) is 5.56 Å². The molecule has 5 heteroatoms. The number of hydrogen-bond acceptors (Lipinski definition) is 4. The lowest BCUT2D eigenvalue weighted by Crippen LogP contribution is -2.02. The molecule has 4 rings (SSSR count). The van der Waals surface area contributed by atoms with Crippen LogP contribution in [-0.4, -0.2) is 21.9 Å². The predicted molar refractivity (Wildman–Crippen MR) is 85.4 cm³/mol. The van der Waals surface area contributed by atoms with Crippen LogP contribution in [0.2, 0.25) is 0 Å². The second kappa shape index (κ2) is 5.44. The number of H-pyrrole nitrogens is 1. The van der Waals surface area contributed by atoms with Gasteiger partial charge in [0.2, 0.25) is 6.79 Å².